The summed E-state index contributed by atoms with van der Waals surface area (Å²) in [4.78, 5) is 0. The Kier molecular flexibility index (Phi) is 4.48. The first-order valence-corrected chi connectivity index (χ1v) is 10.3. The molecule has 0 aliphatic heterocycles. The Morgan fingerprint density at radius 2 is 1.80 bits per heavy atom. The van der Waals surface area contributed by atoms with E-state index in [2.05, 4.69) is 55.3 Å². The molecule has 0 unspecified atom stereocenters. The molecule has 0 nitrogen and oxygen atoms in total. The lowest BCUT2D eigenvalue weighted by Crippen LogP contribution is -1.88. The topological polar surface area (TPSA) is 0 Å². The molecule has 0 heterocycles. The first-order chi connectivity index (χ1) is 7.42. The van der Waals surface area contributed by atoms with Crippen molar-refractivity contribution in [1.82, 2.24) is 0 Å². The Balaban J connectivity index is 2.26. The third kappa shape index (κ3) is 2.96. The van der Waals surface area contributed by atoms with Crippen molar-refractivity contribution in [2.75, 3.05) is 0 Å². The monoisotopic (exact) mass is 272 g/mol. The SMILES string of the molecule is [Br][Mg][CH2]CCc1cccc2ccccc12. The summed E-state index contributed by atoms with van der Waals surface area (Å²) in [6, 6.07) is 15.3. The Hall–Kier alpha value is -0.0538. The minimum Gasteiger partial charge on any atom is -0.307 e. The van der Waals surface area contributed by atoms with Gasteiger partial charge < -0.3 is 12.9 Å². The first kappa shape index (κ1) is 11.4. The van der Waals surface area contributed by atoms with Crippen LogP contribution in [0.15, 0.2) is 42.5 Å². The van der Waals surface area contributed by atoms with Gasteiger partial charge in [-0.15, -0.1) is 4.55 Å². The molecule has 0 spiro atoms. The van der Waals surface area contributed by atoms with E-state index in [1.165, 1.54) is 33.7 Å². The summed E-state index contributed by atoms with van der Waals surface area (Å²) in [6.45, 7) is 0. The highest BCUT2D eigenvalue weighted by Gasteiger charge is 1.99. The maximum Gasteiger partial charge on any atom is 0.468 e. The summed E-state index contributed by atoms with van der Waals surface area (Å²) in [5.74, 6) is 0. The largest absolute Gasteiger partial charge is 0.468 e. The van der Waals surface area contributed by atoms with E-state index in [-0.39, 0.29) is 18.2 Å². The van der Waals surface area contributed by atoms with Crippen LogP contribution in [0.25, 0.3) is 10.8 Å². The lowest BCUT2D eigenvalue weighted by Gasteiger charge is -2.05. The highest BCUT2D eigenvalue weighted by molar-refractivity contribution is 9.23. The van der Waals surface area contributed by atoms with E-state index in [9.17, 15) is 0 Å². The van der Waals surface area contributed by atoms with E-state index in [0.29, 0.717) is 0 Å². The molecule has 15 heavy (non-hydrogen) atoms. The van der Waals surface area contributed by atoms with Gasteiger partial charge in [0.1, 0.15) is 0 Å². The lowest BCUT2D eigenvalue weighted by atomic mass is 10.0. The van der Waals surface area contributed by atoms with Crippen molar-refractivity contribution >= 4 is 41.8 Å². The molecule has 0 N–H and O–H groups in total. The summed E-state index contributed by atoms with van der Waals surface area (Å²) in [7, 11) is 0. The Bertz CT molecular complexity index is 434. The molecule has 2 aromatic rings. The van der Waals surface area contributed by atoms with Crippen LogP contribution in [-0.2, 0) is 6.42 Å². The van der Waals surface area contributed by atoms with Crippen molar-refractivity contribution in [3.05, 3.63) is 48.0 Å². The Labute approximate surface area is 107 Å². The normalized spacial score (nSPS) is 10.2. The van der Waals surface area contributed by atoms with Crippen LogP contribution in [0.2, 0.25) is 4.55 Å². The highest BCUT2D eigenvalue weighted by Crippen LogP contribution is 2.20. The van der Waals surface area contributed by atoms with Crippen LogP contribution in [-0.4, -0.2) is 18.2 Å². The highest BCUT2D eigenvalue weighted by atomic mass is 79.9. The number of aryl methyl sites for hydroxylation is 1. The Morgan fingerprint density at radius 3 is 2.67 bits per heavy atom. The van der Waals surface area contributed by atoms with E-state index >= 15 is 0 Å². The molecule has 0 saturated carbocycles. The van der Waals surface area contributed by atoms with Crippen LogP contribution in [0.1, 0.15) is 12.0 Å². The molecule has 0 atom stereocenters. The van der Waals surface area contributed by atoms with Crippen molar-refractivity contribution in [2.45, 2.75) is 17.4 Å². The number of rotatable bonds is 4. The van der Waals surface area contributed by atoms with E-state index in [1.54, 1.807) is 0 Å². The molecular formula is C13H13BrMg. The summed E-state index contributed by atoms with van der Waals surface area (Å²) in [5, 5.41) is 2.79. The molecule has 2 heteroatoms. The summed E-state index contributed by atoms with van der Waals surface area (Å²) < 4.78 is 1.39. The number of hydrogen-bond acceptors (Lipinski definition) is 0. The van der Waals surface area contributed by atoms with E-state index < -0.39 is 0 Å². The van der Waals surface area contributed by atoms with Crippen molar-refractivity contribution < 1.29 is 0 Å². The van der Waals surface area contributed by atoms with Crippen LogP contribution >= 0.6 is 12.9 Å². The predicted molar refractivity (Wildman–Crippen MR) is 71.8 cm³/mol. The Morgan fingerprint density at radius 1 is 1.00 bits per heavy atom. The second kappa shape index (κ2) is 5.88. The molecule has 0 amide bonds. The molecule has 0 saturated heterocycles. The van der Waals surface area contributed by atoms with Crippen molar-refractivity contribution in [1.29, 1.82) is 0 Å². The molecule has 2 rings (SSSR count). The zero-order valence-corrected chi connectivity index (χ0v) is 11.7. The second-order valence-corrected chi connectivity index (χ2v) is 7.25. The minimum atomic E-state index is 0.0591. The van der Waals surface area contributed by atoms with Gasteiger partial charge in [0.25, 0.3) is 0 Å². The smallest absolute Gasteiger partial charge is 0.307 e. The van der Waals surface area contributed by atoms with Crippen LogP contribution < -0.4 is 0 Å². The van der Waals surface area contributed by atoms with E-state index in [4.69, 9.17) is 0 Å². The number of benzene rings is 2. The van der Waals surface area contributed by atoms with Gasteiger partial charge in [0.2, 0.25) is 0 Å². The van der Waals surface area contributed by atoms with Crippen LogP contribution in [0.4, 0.5) is 0 Å². The van der Waals surface area contributed by atoms with E-state index in [0.717, 1.165) is 0 Å². The zero-order chi connectivity index (χ0) is 10.5. The molecule has 74 valence electrons. The van der Waals surface area contributed by atoms with Crippen LogP contribution in [0.3, 0.4) is 0 Å². The molecule has 0 bridgehead atoms. The zero-order valence-electron chi connectivity index (χ0n) is 8.75. The van der Waals surface area contributed by atoms with Crippen LogP contribution in [0.5, 0.6) is 0 Å². The third-order valence-electron chi connectivity index (χ3n) is 2.71. The number of fused-ring (bicyclic) bond motifs is 1. The minimum absolute atomic E-state index is 0.0591. The summed E-state index contributed by atoms with van der Waals surface area (Å²) in [6.07, 6.45) is 2.55. The molecule has 0 aromatic heterocycles. The van der Waals surface area contributed by atoms with Gasteiger partial charge in [0.05, 0.1) is 0 Å². The fraction of sp³-hybridized carbons (Fsp3) is 0.231. The summed E-state index contributed by atoms with van der Waals surface area (Å²) in [5.41, 5.74) is 1.50. The summed E-state index contributed by atoms with van der Waals surface area (Å²) >= 11 is 3.67. The number of hydrogen-bond donors (Lipinski definition) is 0. The fourth-order valence-corrected chi connectivity index (χ4v) is 3.55. The standard InChI is InChI=1S/C13H13.BrH.Mg/c1-2-6-11-8-5-9-12-7-3-4-10-13(11)12;;/h3-5,7-10H,1-2,6H2;1H;/q;;+1/p-1. The van der Waals surface area contributed by atoms with Crippen LogP contribution in [0, 0.1) is 0 Å². The van der Waals surface area contributed by atoms with Gasteiger partial charge in [-0.05, 0) is 22.8 Å². The average Bonchev–Trinajstić information content (AvgIpc) is 2.30. The maximum absolute atomic E-state index is 3.61. The number of halogens is 1. The predicted octanol–water partition coefficient (Wildman–Crippen LogP) is 4.20. The molecule has 0 radical (unpaired) electrons. The molecule has 0 aliphatic carbocycles. The van der Waals surface area contributed by atoms with Crippen molar-refractivity contribution in [2.24, 2.45) is 0 Å². The molecular weight excluding hydrogens is 260 g/mol. The molecule has 0 fully saturated rings. The van der Waals surface area contributed by atoms with Crippen molar-refractivity contribution in [3.63, 3.8) is 0 Å². The van der Waals surface area contributed by atoms with Gasteiger partial charge in [-0.25, -0.2) is 0 Å². The molecule has 2 aromatic carbocycles. The van der Waals surface area contributed by atoms with Gasteiger partial charge in [0, 0.05) is 0 Å². The van der Waals surface area contributed by atoms with Gasteiger partial charge in [0.15, 0.2) is 0 Å². The van der Waals surface area contributed by atoms with E-state index in [1.807, 2.05) is 0 Å². The maximum atomic E-state index is 3.61. The van der Waals surface area contributed by atoms with Gasteiger partial charge in [-0.2, -0.15) is 0 Å². The van der Waals surface area contributed by atoms with Gasteiger partial charge in [-0.3, -0.25) is 0 Å². The molecule has 0 aliphatic rings. The second-order valence-electron chi connectivity index (χ2n) is 3.78. The third-order valence-corrected chi connectivity index (χ3v) is 5.16. The average molecular weight is 273 g/mol. The van der Waals surface area contributed by atoms with Crippen molar-refractivity contribution in [3.8, 4) is 0 Å². The first-order valence-electron chi connectivity index (χ1n) is 5.44. The lowest BCUT2D eigenvalue weighted by molar-refractivity contribution is 0.926. The fourth-order valence-electron chi connectivity index (χ4n) is 1.92. The quantitative estimate of drug-likeness (QED) is 0.578. The van der Waals surface area contributed by atoms with Gasteiger partial charge >= 0.3 is 18.2 Å². The van der Waals surface area contributed by atoms with Gasteiger partial charge in [-0.1, -0.05) is 48.9 Å².